The van der Waals surface area contributed by atoms with Crippen LogP contribution in [0.5, 0.6) is 0 Å². The Bertz CT molecular complexity index is 1750. The molecular formula is C48H73ClN2O6. The summed E-state index contributed by atoms with van der Waals surface area (Å²) < 4.78 is 6.20. The average Bonchev–Trinajstić information content (AvgIpc) is 3.42. The van der Waals surface area contributed by atoms with Crippen molar-refractivity contribution in [2.75, 3.05) is 33.7 Å². The van der Waals surface area contributed by atoms with Gasteiger partial charge in [0.1, 0.15) is 6.10 Å². The van der Waals surface area contributed by atoms with Gasteiger partial charge in [-0.2, -0.15) is 0 Å². The fourth-order valence-corrected chi connectivity index (χ4v) is 14.0. The highest BCUT2D eigenvalue weighted by molar-refractivity contribution is 6.31. The van der Waals surface area contributed by atoms with Crippen molar-refractivity contribution in [2.45, 2.75) is 145 Å². The molecule has 2 N–H and O–H groups in total. The van der Waals surface area contributed by atoms with E-state index in [-0.39, 0.29) is 51.8 Å². The maximum atomic E-state index is 14.3. The molecule has 0 saturated heterocycles. The maximum absolute atomic E-state index is 14.3. The zero-order valence-electron chi connectivity index (χ0n) is 37.0. The molecule has 57 heavy (non-hydrogen) atoms. The number of hydrogen-bond acceptors (Lipinski definition) is 7. The second-order valence-corrected chi connectivity index (χ2v) is 22.1. The third-order valence-corrected chi connectivity index (χ3v) is 17.5. The van der Waals surface area contributed by atoms with E-state index in [1.165, 1.54) is 5.57 Å². The number of nitrogens with zero attached hydrogens (tertiary/aromatic N) is 2. The predicted octanol–water partition coefficient (Wildman–Crippen LogP) is 9.46. The summed E-state index contributed by atoms with van der Waals surface area (Å²) in [6, 6.07) is 7.98. The predicted molar refractivity (Wildman–Crippen MR) is 227 cm³/mol. The van der Waals surface area contributed by atoms with Crippen molar-refractivity contribution >= 4 is 29.3 Å². The monoisotopic (exact) mass is 809 g/mol. The highest BCUT2D eigenvalue weighted by atomic mass is 35.5. The number of Topliss-reactive ketones (excluding diaryl/α,β-unsaturated/α-hetero) is 1. The summed E-state index contributed by atoms with van der Waals surface area (Å²) in [6.07, 6.45) is 7.07. The number of rotatable bonds is 13. The van der Waals surface area contributed by atoms with Gasteiger partial charge in [-0.3, -0.25) is 19.3 Å². The van der Waals surface area contributed by atoms with Crippen molar-refractivity contribution in [1.82, 2.24) is 9.80 Å². The van der Waals surface area contributed by atoms with Crippen LogP contribution in [0.2, 0.25) is 5.02 Å². The molecule has 5 aliphatic rings. The van der Waals surface area contributed by atoms with Crippen LogP contribution >= 0.6 is 11.6 Å². The first-order valence-corrected chi connectivity index (χ1v) is 22.3. The van der Waals surface area contributed by atoms with Crippen LogP contribution in [-0.4, -0.2) is 83.7 Å². The zero-order valence-corrected chi connectivity index (χ0v) is 37.7. The van der Waals surface area contributed by atoms with Crippen LogP contribution in [0.25, 0.3) is 0 Å². The molecule has 0 bridgehead atoms. The van der Waals surface area contributed by atoms with Gasteiger partial charge < -0.3 is 19.8 Å². The first-order chi connectivity index (χ1) is 26.4. The summed E-state index contributed by atoms with van der Waals surface area (Å²) in [5.41, 5.74) is 1.39. The number of ketones is 1. The van der Waals surface area contributed by atoms with E-state index in [1.807, 2.05) is 18.2 Å². The number of hydrogen-bond donors (Lipinski definition) is 2. The van der Waals surface area contributed by atoms with Crippen molar-refractivity contribution in [2.24, 2.45) is 56.2 Å². The minimum atomic E-state index is -1.17. The van der Waals surface area contributed by atoms with Crippen LogP contribution in [0.1, 0.15) is 132 Å². The molecule has 5 aliphatic carbocycles. The molecule has 0 amide bonds. The molecule has 6 rings (SSSR count). The molecule has 1 aromatic rings. The van der Waals surface area contributed by atoms with E-state index in [9.17, 15) is 24.6 Å². The molecule has 0 spiro atoms. The van der Waals surface area contributed by atoms with E-state index < -0.39 is 28.9 Å². The third kappa shape index (κ3) is 7.47. The number of benzene rings is 1. The van der Waals surface area contributed by atoms with Crippen LogP contribution in [0.15, 0.2) is 35.4 Å². The quantitative estimate of drug-likeness (QED) is 0.190. The molecule has 0 radical (unpaired) electrons. The van der Waals surface area contributed by atoms with Crippen LogP contribution in [0, 0.1) is 56.2 Å². The first kappa shape index (κ1) is 44.3. The number of carbonyl (C=O) groups excluding carboxylic acids is 2. The van der Waals surface area contributed by atoms with Gasteiger partial charge in [0.2, 0.25) is 0 Å². The lowest BCUT2D eigenvalue weighted by atomic mass is 9.33. The van der Waals surface area contributed by atoms with E-state index in [0.29, 0.717) is 31.3 Å². The number of carboxylic acid groups (broad SMARTS) is 1. The number of fused-ring (bicyclic) bond motifs is 7. The lowest BCUT2D eigenvalue weighted by molar-refractivity contribution is -0.235. The van der Waals surface area contributed by atoms with Gasteiger partial charge in [0, 0.05) is 48.5 Å². The third-order valence-electron chi connectivity index (χ3n) is 17.1. The van der Waals surface area contributed by atoms with Crippen LogP contribution in [0.3, 0.4) is 0 Å². The zero-order chi connectivity index (χ0) is 42.1. The Hall–Kier alpha value is -2.26. The molecule has 0 heterocycles. The van der Waals surface area contributed by atoms with Gasteiger partial charge in [-0.15, -0.1) is 0 Å². The number of carboxylic acids is 1. The summed E-state index contributed by atoms with van der Waals surface area (Å²) in [7, 11) is 4.15. The Morgan fingerprint density at radius 2 is 1.61 bits per heavy atom. The van der Waals surface area contributed by atoms with Gasteiger partial charge in [0.05, 0.1) is 17.9 Å². The number of halogens is 1. The number of aliphatic hydroxyl groups is 1. The first-order valence-electron chi connectivity index (χ1n) is 21.9. The molecule has 9 heteroatoms. The summed E-state index contributed by atoms with van der Waals surface area (Å²) in [4.78, 5) is 43.8. The number of likely N-dealkylation sites (N-methyl/N-ethyl adjacent to an activating group) is 1. The van der Waals surface area contributed by atoms with Gasteiger partial charge in [0.15, 0.2) is 5.78 Å². The molecule has 0 aromatic heterocycles. The standard InChI is InChI=1S/C48H73ClN2O6/c1-30(2)40-34(52)26-48(37(53)29-51(25-24-50(10)11)28-31-14-12-13-15-33(31)49)23-22-46(8)32(41(40)48)16-17-36-45(7)20-19-38(57-39(54)27-43(3,4)42(55)56)44(5,6)35(45)18-21-47(36,46)9/h12-15,30,32,35-38,53H,16-29H2,1-11H3,(H,55,56)/t32-,35+,36-,37-,38+,45+,46-,47-,48-/m1/s1. The second kappa shape index (κ2) is 15.6. The van der Waals surface area contributed by atoms with Crippen molar-refractivity contribution in [3.8, 4) is 0 Å². The molecule has 9 atom stereocenters. The van der Waals surface area contributed by atoms with Gasteiger partial charge in [-0.1, -0.05) is 83.8 Å². The molecule has 8 nitrogen and oxygen atoms in total. The van der Waals surface area contributed by atoms with Crippen LogP contribution in [0.4, 0.5) is 0 Å². The van der Waals surface area contributed by atoms with Crippen molar-refractivity contribution < 1.29 is 29.3 Å². The van der Waals surface area contributed by atoms with E-state index >= 15 is 0 Å². The molecule has 4 saturated carbocycles. The Morgan fingerprint density at radius 1 is 0.930 bits per heavy atom. The highest BCUT2D eigenvalue weighted by Gasteiger charge is 2.71. The fraction of sp³-hybridized carbons (Fsp3) is 0.771. The van der Waals surface area contributed by atoms with Crippen LogP contribution in [-0.2, 0) is 25.7 Å². The minimum Gasteiger partial charge on any atom is -0.481 e. The van der Waals surface area contributed by atoms with E-state index in [4.69, 9.17) is 16.3 Å². The highest BCUT2D eigenvalue weighted by Crippen LogP contribution is 2.77. The number of esters is 1. The van der Waals surface area contributed by atoms with Gasteiger partial charge >= 0.3 is 11.9 Å². The van der Waals surface area contributed by atoms with E-state index in [1.54, 1.807) is 13.8 Å². The van der Waals surface area contributed by atoms with Gasteiger partial charge in [-0.25, -0.2) is 0 Å². The number of aliphatic carboxylic acids is 1. The summed E-state index contributed by atoms with van der Waals surface area (Å²) in [6.45, 7) is 22.5. The number of aliphatic hydroxyl groups excluding tert-OH is 1. The number of carbonyl (C=O) groups is 3. The van der Waals surface area contributed by atoms with E-state index in [2.05, 4.69) is 78.4 Å². The van der Waals surface area contributed by atoms with Crippen molar-refractivity contribution in [3.63, 3.8) is 0 Å². The Balaban J connectivity index is 1.29. The lowest BCUT2D eigenvalue weighted by Gasteiger charge is -2.72. The van der Waals surface area contributed by atoms with Crippen LogP contribution < -0.4 is 0 Å². The number of allylic oxidation sites excluding steroid dienone is 1. The largest absolute Gasteiger partial charge is 0.481 e. The molecular weight excluding hydrogens is 736 g/mol. The average molecular weight is 810 g/mol. The van der Waals surface area contributed by atoms with Gasteiger partial charge in [-0.05, 0) is 136 Å². The Morgan fingerprint density at radius 3 is 2.25 bits per heavy atom. The molecule has 0 unspecified atom stereocenters. The van der Waals surface area contributed by atoms with Gasteiger partial charge in [0.25, 0.3) is 0 Å². The maximum Gasteiger partial charge on any atom is 0.309 e. The summed E-state index contributed by atoms with van der Waals surface area (Å²) in [5.74, 6) is -0.0237. The SMILES string of the molecule is CC(C)C1=C2[C@H]3CC[C@@H]4[C@@]5(C)CC[C@H](OC(=O)CC(C)(C)C(=O)O)C(C)(C)[C@@H]5CC[C@@]4(C)[C@]3(C)CC[C@]2([C@H](O)CN(CCN(C)C)Cc2ccccc2Cl)CC1=O. The molecule has 0 aliphatic heterocycles. The lowest BCUT2D eigenvalue weighted by Crippen LogP contribution is -2.66. The van der Waals surface area contributed by atoms with Crippen molar-refractivity contribution in [3.05, 3.63) is 46.0 Å². The molecule has 1 aromatic carbocycles. The molecule has 4 fully saturated rings. The van der Waals surface area contributed by atoms with Crippen molar-refractivity contribution in [1.29, 1.82) is 0 Å². The number of ether oxygens (including phenoxy) is 1. The summed E-state index contributed by atoms with van der Waals surface area (Å²) >= 11 is 6.67. The fourth-order valence-electron chi connectivity index (χ4n) is 13.8. The smallest absolute Gasteiger partial charge is 0.309 e. The Kier molecular flexibility index (Phi) is 12.2. The topological polar surface area (TPSA) is 107 Å². The second-order valence-electron chi connectivity index (χ2n) is 21.7. The van der Waals surface area contributed by atoms with E-state index in [0.717, 1.165) is 80.6 Å². The Labute approximate surface area is 348 Å². The minimum absolute atomic E-state index is 0.0336. The normalized spacial score (nSPS) is 35.5. The summed E-state index contributed by atoms with van der Waals surface area (Å²) in [5, 5.41) is 23.1. The molecule has 318 valence electrons.